The van der Waals surface area contributed by atoms with E-state index in [0.29, 0.717) is 0 Å². The van der Waals surface area contributed by atoms with E-state index in [1.807, 2.05) is 55.5 Å². The highest BCUT2D eigenvalue weighted by Gasteiger charge is 2.16. The van der Waals surface area contributed by atoms with Crippen molar-refractivity contribution in [1.29, 1.82) is 0 Å². The van der Waals surface area contributed by atoms with Crippen molar-refractivity contribution in [2.24, 2.45) is 0 Å². The van der Waals surface area contributed by atoms with E-state index < -0.39 is 6.10 Å². The summed E-state index contributed by atoms with van der Waals surface area (Å²) in [5.74, 6) is 0. The lowest BCUT2D eigenvalue weighted by molar-refractivity contribution is 0.221. The van der Waals surface area contributed by atoms with Crippen LogP contribution in [0.1, 0.15) is 22.8 Å². The van der Waals surface area contributed by atoms with Crippen molar-refractivity contribution in [2.45, 2.75) is 13.0 Å². The minimum Gasteiger partial charge on any atom is -0.384 e. The van der Waals surface area contributed by atoms with Crippen molar-refractivity contribution in [3.63, 3.8) is 0 Å². The Morgan fingerprint density at radius 1 is 0.857 bits per heavy atom. The Hall–Kier alpha value is -1.16. The zero-order valence-corrected chi connectivity index (χ0v) is 14.6. The van der Waals surface area contributed by atoms with E-state index in [4.69, 9.17) is 0 Å². The molecule has 0 aliphatic rings. The fourth-order valence-corrected chi connectivity index (χ4v) is 3.45. The second kappa shape index (κ2) is 5.91. The number of aliphatic hydroxyl groups excluding tert-OH is 1. The van der Waals surface area contributed by atoms with Crippen LogP contribution in [0.15, 0.2) is 63.5 Å². The monoisotopic (exact) mass is 404 g/mol. The molecule has 0 spiro atoms. The third-order valence-electron chi connectivity index (χ3n) is 3.74. The first-order valence-electron chi connectivity index (χ1n) is 6.69. The van der Waals surface area contributed by atoms with Gasteiger partial charge in [-0.25, -0.2) is 0 Å². The molecule has 0 saturated carbocycles. The molecule has 0 amide bonds. The molecule has 3 rings (SSSR count). The molecular formula is C18H14Br2O. The molecule has 106 valence electrons. The molecule has 1 atom stereocenters. The van der Waals surface area contributed by atoms with Gasteiger partial charge in [0.15, 0.2) is 0 Å². The lowest BCUT2D eigenvalue weighted by atomic mass is 9.93. The maximum Gasteiger partial charge on any atom is 0.105 e. The molecule has 3 heteroatoms. The topological polar surface area (TPSA) is 20.2 Å². The Morgan fingerprint density at radius 3 is 2.33 bits per heavy atom. The van der Waals surface area contributed by atoms with Crippen LogP contribution >= 0.6 is 31.9 Å². The second-order valence-electron chi connectivity index (χ2n) is 5.09. The van der Waals surface area contributed by atoms with Gasteiger partial charge in [-0.2, -0.15) is 0 Å². The number of benzene rings is 3. The van der Waals surface area contributed by atoms with E-state index in [-0.39, 0.29) is 0 Å². The lowest BCUT2D eigenvalue weighted by Crippen LogP contribution is -2.03. The Bertz CT molecular complexity index is 811. The fraction of sp³-hybridized carbons (Fsp3) is 0.111. The minimum atomic E-state index is -0.638. The zero-order chi connectivity index (χ0) is 15.0. The lowest BCUT2D eigenvalue weighted by Gasteiger charge is -2.17. The van der Waals surface area contributed by atoms with Crippen molar-refractivity contribution >= 4 is 42.6 Å². The molecule has 1 nitrogen and oxygen atoms in total. The van der Waals surface area contributed by atoms with Gasteiger partial charge in [-0.15, -0.1) is 0 Å². The molecule has 21 heavy (non-hydrogen) atoms. The first-order valence-corrected chi connectivity index (χ1v) is 8.28. The van der Waals surface area contributed by atoms with Gasteiger partial charge in [0, 0.05) is 8.95 Å². The maximum atomic E-state index is 10.8. The average Bonchev–Trinajstić information content (AvgIpc) is 2.50. The van der Waals surface area contributed by atoms with Crippen LogP contribution in [0.4, 0.5) is 0 Å². The summed E-state index contributed by atoms with van der Waals surface area (Å²) in [5, 5.41) is 13.0. The highest BCUT2D eigenvalue weighted by atomic mass is 79.9. The number of hydrogen-bond donors (Lipinski definition) is 1. The molecule has 0 radical (unpaired) electrons. The van der Waals surface area contributed by atoms with Gasteiger partial charge < -0.3 is 5.11 Å². The van der Waals surface area contributed by atoms with Crippen LogP contribution in [0.25, 0.3) is 10.8 Å². The molecule has 0 aliphatic carbocycles. The number of rotatable bonds is 2. The number of aliphatic hydroxyl groups is 1. The summed E-state index contributed by atoms with van der Waals surface area (Å²) in [6.07, 6.45) is -0.638. The van der Waals surface area contributed by atoms with E-state index in [0.717, 1.165) is 36.4 Å². The third kappa shape index (κ3) is 2.78. The standard InChI is InChI=1S/C18H14Br2O/c1-11-6-7-12(19)10-16(11)18(21)15-8-9-17(20)14-5-3-2-4-13(14)15/h2-10,18,21H,1H3. The molecule has 3 aromatic carbocycles. The molecule has 1 unspecified atom stereocenters. The van der Waals surface area contributed by atoms with E-state index >= 15 is 0 Å². The predicted molar refractivity (Wildman–Crippen MR) is 94.6 cm³/mol. The van der Waals surface area contributed by atoms with Gasteiger partial charge in [0.05, 0.1) is 0 Å². The first kappa shape index (κ1) is 14.8. The Balaban J connectivity index is 2.20. The Kier molecular flexibility index (Phi) is 4.16. The van der Waals surface area contributed by atoms with Gasteiger partial charge in [0.1, 0.15) is 6.10 Å². The van der Waals surface area contributed by atoms with Crippen molar-refractivity contribution < 1.29 is 5.11 Å². The van der Waals surface area contributed by atoms with Crippen LogP contribution < -0.4 is 0 Å². The smallest absolute Gasteiger partial charge is 0.105 e. The zero-order valence-electron chi connectivity index (χ0n) is 11.5. The summed E-state index contributed by atoms with van der Waals surface area (Å²) in [6, 6.07) is 18.1. The van der Waals surface area contributed by atoms with Gasteiger partial charge in [-0.05, 0) is 52.6 Å². The van der Waals surface area contributed by atoms with Gasteiger partial charge in [-0.3, -0.25) is 0 Å². The van der Waals surface area contributed by atoms with E-state index in [1.54, 1.807) is 0 Å². The maximum absolute atomic E-state index is 10.8. The molecule has 0 heterocycles. The second-order valence-corrected chi connectivity index (χ2v) is 6.86. The van der Waals surface area contributed by atoms with Crippen LogP contribution in [0.3, 0.4) is 0 Å². The van der Waals surface area contributed by atoms with E-state index in [1.165, 1.54) is 0 Å². The predicted octanol–water partition coefficient (Wildman–Crippen LogP) is 5.75. The van der Waals surface area contributed by atoms with Crippen molar-refractivity contribution in [3.8, 4) is 0 Å². The fourth-order valence-electron chi connectivity index (χ4n) is 2.60. The number of aryl methyl sites for hydroxylation is 1. The molecule has 3 aromatic rings. The van der Waals surface area contributed by atoms with Crippen molar-refractivity contribution in [1.82, 2.24) is 0 Å². The summed E-state index contributed by atoms with van der Waals surface area (Å²) >= 11 is 7.05. The summed E-state index contributed by atoms with van der Waals surface area (Å²) in [4.78, 5) is 0. The SMILES string of the molecule is Cc1ccc(Br)cc1C(O)c1ccc(Br)c2ccccc12. The van der Waals surface area contributed by atoms with E-state index in [9.17, 15) is 5.11 Å². The van der Waals surface area contributed by atoms with Gasteiger partial charge in [-0.1, -0.05) is 68.3 Å². The molecule has 0 aromatic heterocycles. The summed E-state index contributed by atoms with van der Waals surface area (Å²) in [6.45, 7) is 2.02. The van der Waals surface area contributed by atoms with Gasteiger partial charge in [0.25, 0.3) is 0 Å². The van der Waals surface area contributed by atoms with Crippen molar-refractivity contribution in [3.05, 3.63) is 80.2 Å². The summed E-state index contributed by atoms with van der Waals surface area (Å²) in [7, 11) is 0. The summed E-state index contributed by atoms with van der Waals surface area (Å²) < 4.78 is 2.02. The Labute approximate surface area is 140 Å². The number of fused-ring (bicyclic) bond motifs is 1. The van der Waals surface area contributed by atoms with Gasteiger partial charge >= 0.3 is 0 Å². The first-order chi connectivity index (χ1) is 10.1. The normalized spacial score (nSPS) is 12.6. The molecule has 0 bridgehead atoms. The average molecular weight is 406 g/mol. The molecule has 0 fully saturated rings. The summed E-state index contributed by atoms with van der Waals surface area (Å²) in [5.41, 5.74) is 2.93. The van der Waals surface area contributed by atoms with Crippen LogP contribution in [0, 0.1) is 6.92 Å². The quantitative estimate of drug-likeness (QED) is 0.574. The number of hydrogen-bond acceptors (Lipinski definition) is 1. The highest BCUT2D eigenvalue weighted by molar-refractivity contribution is 9.11. The highest BCUT2D eigenvalue weighted by Crippen LogP contribution is 2.34. The third-order valence-corrected chi connectivity index (χ3v) is 4.92. The van der Waals surface area contributed by atoms with Crippen LogP contribution in [0.2, 0.25) is 0 Å². The number of halogens is 2. The largest absolute Gasteiger partial charge is 0.384 e. The minimum absolute atomic E-state index is 0.638. The van der Waals surface area contributed by atoms with Crippen LogP contribution in [-0.2, 0) is 0 Å². The van der Waals surface area contributed by atoms with E-state index in [2.05, 4.69) is 37.9 Å². The Morgan fingerprint density at radius 2 is 1.57 bits per heavy atom. The molecule has 1 N–H and O–H groups in total. The van der Waals surface area contributed by atoms with Gasteiger partial charge in [0.2, 0.25) is 0 Å². The molecule has 0 saturated heterocycles. The molecular weight excluding hydrogens is 392 g/mol. The molecule has 0 aliphatic heterocycles. The van der Waals surface area contributed by atoms with Crippen LogP contribution in [0.5, 0.6) is 0 Å². The van der Waals surface area contributed by atoms with Crippen molar-refractivity contribution in [2.75, 3.05) is 0 Å². The van der Waals surface area contributed by atoms with Crippen LogP contribution in [-0.4, -0.2) is 5.11 Å².